The number of nitrogens with zero attached hydrogens (tertiary/aromatic N) is 1. The molecule has 1 heterocycles. The zero-order valence-corrected chi connectivity index (χ0v) is 11.0. The van der Waals surface area contributed by atoms with E-state index in [4.69, 9.17) is 20.9 Å². The van der Waals surface area contributed by atoms with Gasteiger partial charge in [-0.3, -0.25) is 4.79 Å². The molecule has 1 aromatic rings. The number of nitrogens with two attached hydrogens (primary N) is 2. The van der Waals surface area contributed by atoms with Crippen molar-refractivity contribution in [3.63, 3.8) is 0 Å². The quantitative estimate of drug-likeness (QED) is 0.849. The number of ether oxygens (including phenoxy) is 2. The largest absolute Gasteiger partial charge is 0.473 e. The van der Waals surface area contributed by atoms with Gasteiger partial charge in [-0.05, 0) is 31.4 Å². The summed E-state index contributed by atoms with van der Waals surface area (Å²) in [6.45, 7) is 0. The summed E-state index contributed by atoms with van der Waals surface area (Å²) in [5, 5.41) is 0. The van der Waals surface area contributed by atoms with E-state index in [9.17, 15) is 4.79 Å². The van der Waals surface area contributed by atoms with E-state index in [-0.39, 0.29) is 23.8 Å². The fraction of sp³-hybridized carbons (Fsp3) is 0.538. The minimum absolute atomic E-state index is 0.0108. The summed E-state index contributed by atoms with van der Waals surface area (Å²) in [6.07, 6.45) is 4.04. The number of hydrogen-bond acceptors (Lipinski definition) is 5. The predicted octanol–water partition coefficient (Wildman–Crippen LogP) is 1.10. The van der Waals surface area contributed by atoms with E-state index in [0.717, 1.165) is 25.7 Å². The van der Waals surface area contributed by atoms with Crippen LogP contribution in [-0.2, 0) is 4.74 Å². The molecule has 0 bridgehead atoms. The molecule has 1 aliphatic rings. The number of aromatic nitrogens is 1. The van der Waals surface area contributed by atoms with Crippen molar-refractivity contribution in [1.29, 1.82) is 0 Å². The Labute approximate surface area is 112 Å². The zero-order chi connectivity index (χ0) is 13.8. The summed E-state index contributed by atoms with van der Waals surface area (Å²) >= 11 is 0. The lowest BCUT2D eigenvalue weighted by Gasteiger charge is -2.28. The van der Waals surface area contributed by atoms with Crippen molar-refractivity contribution in [3.8, 4) is 5.88 Å². The highest BCUT2D eigenvalue weighted by molar-refractivity contribution is 5.91. The maximum atomic E-state index is 11.1. The van der Waals surface area contributed by atoms with Crippen LogP contribution in [0.1, 0.15) is 36.2 Å². The molecule has 1 saturated carbocycles. The molecule has 0 radical (unpaired) electrons. The molecule has 0 spiro atoms. The van der Waals surface area contributed by atoms with Crippen molar-refractivity contribution in [1.82, 2.24) is 4.98 Å². The highest BCUT2D eigenvalue weighted by atomic mass is 16.5. The van der Waals surface area contributed by atoms with Crippen LogP contribution in [0.4, 0.5) is 5.69 Å². The lowest BCUT2D eigenvalue weighted by molar-refractivity contribution is 0.0197. The number of anilines is 1. The fourth-order valence-corrected chi connectivity index (χ4v) is 2.26. The van der Waals surface area contributed by atoms with E-state index >= 15 is 0 Å². The Balaban J connectivity index is 2.09. The van der Waals surface area contributed by atoms with Crippen molar-refractivity contribution >= 4 is 11.6 Å². The molecular weight excluding hydrogens is 246 g/mol. The summed E-state index contributed by atoms with van der Waals surface area (Å²) in [4.78, 5) is 15.2. The van der Waals surface area contributed by atoms with Gasteiger partial charge in [-0.2, -0.15) is 0 Å². The molecule has 2 rings (SSSR count). The lowest BCUT2D eigenvalue weighted by Crippen LogP contribution is -2.30. The first-order valence-electron chi connectivity index (χ1n) is 6.36. The van der Waals surface area contributed by atoms with Crippen molar-refractivity contribution < 1.29 is 14.3 Å². The Hall–Kier alpha value is -1.82. The standard InChI is InChI=1S/C13H19N3O3/c1-18-8-3-2-4-9(7-8)19-13-10(14)5-6-11(16-13)12(15)17/h5-6,8-9H,2-4,7,14H2,1H3,(H2,15,17). The number of carbonyl (C=O) groups is 1. The number of carbonyl (C=O) groups excluding carboxylic acids is 1. The highest BCUT2D eigenvalue weighted by Gasteiger charge is 2.24. The Morgan fingerprint density at radius 1 is 1.37 bits per heavy atom. The average Bonchev–Trinajstić information content (AvgIpc) is 2.41. The SMILES string of the molecule is COC1CCCC(Oc2nc(C(N)=O)ccc2N)C1. The van der Waals surface area contributed by atoms with E-state index < -0.39 is 5.91 Å². The zero-order valence-electron chi connectivity index (χ0n) is 11.0. The van der Waals surface area contributed by atoms with Crippen molar-refractivity contribution in [2.24, 2.45) is 5.73 Å². The van der Waals surface area contributed by atoms with Gasteiger partial charge in [-0.1, -0.05) is 0 Å². The smallest absolute Gasteiger partial charge is 0.267 e. The minimum Gasteiger partial charge on any atom is -0.473 e. The Bertz CT molecular complexity index is 464. The van der Waals surface area contributed by atoms with Crippen molar-refractivity contribution in [3.05, 3.63) is 17.8 Å². The summed E-state index contributed by atoms with van der Waals surface area (Å²) in [5.74, 6) is -0.318. The van der Waals surface area contributed by atoms with Crippen LogP contribution in [0.5, 0.6) is 5.88 Å². The highest BCUT2D eigenvalue weighted by Crippen LogP contribution is 2.27. The molecule has 104 valence electrons. The third kappa shape index (κ3) is 3.35. The second-order valence-electron chi connectivity index (χ2n) is 4.72. The molecular formula is C13H19N3O3. The number of pyridine rings is 1. The molecule has 0 saturated heterocycles. The van der Waals surface area contributed by atoms with Gasteiger partial charge in [0.15, 0.2) is 0 Å². The summed E-state index contributed by atoms with van der Waals surface area (Å²) < 4.78 is 11.1. The number of rotatable bonds is 4. The normalized spacial score (nSPS) is 23.0. The molecule has 4 N–H and O–H groups in total. The summed E-state index contributed by atoms with van der Waals surface area (Å²) in [5.41, 5.74) is 11.6. The average molecular weight is 265 g/mol. The first-order chi connectivity index (χ1) is 9.10. The maximum absolute atomic E-state index is 11.1. The molecule has 2 atom stereocenters. The molecule has 1 aliphatic carbocycles. The van der Waals surface area contributed by atoms with Crippen molar-refractivity contribution in [2.45, 2.75) is 37.9 Å². The predicted molar refractivity (Wildman–Crippen MR) is 70.8 cm³/mol. The van der Waals surface area contributed by atoms with Crippen LogP contribution in [0.2, 0.25) is 0 Å². The van der Waals surface area contributed by atoms with Crippen LogP contribution in [0.15, 0.2) is 12.1 Å². The molecule has 6 nitrogen and oxygen atoms in total. The number of primary amides is 1. The van der Waals surface area contributed by atoms with Gasteiger partial charge in [0, 0.05) is 13.5 Å². The van der Waals surface area contributed by atoms with Gasteiger partial charge < -0.3 is 20.9 Å². The van der Waals surface area contributed by atoms with Gasteiger partial charge in [0.1, 0.15) is 11.8 Å². The first kappa shape index (κ1) is 13.6. The van der Waals surface area contributed by atoms with E-state index in [0.29, 0.717) is 5.69 Å². The summed E-state index contributed by atoms with van der Waals surface area (Å²) in [6, 6.07) is 3.07. The van der Waals surface area contributed by atoms with Crippen LogP contribution in [0, 0.1) is 0 Å². The van der Waals surface area contributed by atoms with Gasteiger partial charge >= 0.3 is 0 Å². The minimum atomic E-state index is -0.594. The van der Waals surface area contributed by atoms with Gasteiger partial charge in [-0.25, -0.2) is 4.98 Å². The second kappa shape index (κ2) is 5.88. The van der Waals surface area contributed by atoms with Crippen molar-refractivity contribution in [2.75, 3.05) is 12.8 Å². The third-order valence-electron chi connectivity index (χ3n) is 3.33. The lowest BCUT2D eigenvalue weighted by atomic mass is 9.95. The Morgan fingerprint density at radius 2 is 2.11 bits per heavy atom. The monoisotopic (exact) mass is 265 g/mol. The molecule has 0 aliphatic heterocycles. The van der Waals surface area contributed by atoms with Crippen LogP contribution in [0.3, 0.4) is 0 Å². The summed E-state index contributed by atoms with van der Waals surface area (Å²) in [7, 11) is 1.70. The van der Waals surface area contributed by atoms with Crippen LogP contribution < -0.4 is 16.2 Å². The van der Waals surface area contributed by atoms with Gasteiger partial charge in [0.05, 0.1) is 11.8 Å². The molecule has 1 aromatic heterocycles. The topological polar surface area (TPSA) is 100 Å². The van der Waals surface area contributed by atoms with Crippen LogP contribution in [0.25, 0.3) is 0 Å². The van der Waals surface area contributed by atoms with Gasteiger partial charge in [0.25, 0.3) is 5.91 Å². The van der Waals surface area contributed by atoms with Gasteiger partial charge in [-0.15, -0.1) is 0 Å². The maximum Gasteiger partial charge on any atom is 0.267 e. The first-order valence-corrected chi connectivity index (χ1v) is 6.36. The number of methoxy groups -OCH3 is 1. The molecule has 1 fully saturated rings. The van der Waals surface area contributed by atoms with Crippen LogP contribution in [-0.4, -0.2) is 30.2 Å². The number of nitrogen functional groups attached to an aromatic ring is 1. The molecule has 2 unspecified atom stereocenters. The van der Waals surface area contributed by atoms with Crippen LogP contribution >= 0.6 is 0 Å². The molecule has 6 heteroatoms. The molecule has 19 heavy (non-hydrogen) atoms. The second-order valence-corrected chi connectivity index (χ2v) is 4.72. The van der Waals surface area contributed by atoms with E-state index in [1.165, 1.54) is 6.07 Å². The van der Waals surface area contributed by atoms with E-state index in [2.05, 4.69) is 4.98 Å². The van der Waals surface area contributed by atoms with E-state index in [1.54, 1.807) is 13.2 Å². The molecule has 0 aromatic carbocycles. The number of amides is 1. The van der Waals surface area contributed by atoms with Gasteiger partial charge in [0.2, 0.25) is 5.88 Å². The molecule has 1 amide bonds. The Kier molecular flexibility index (Phi) is 4.21. The number of hydrogen-bond donors (Lipinski definition) is 2. The van der Waals surface area contributed by atoms with E-state index in [1.807, 2.05) is 0 Å². The Morgan fingerprint density at radius 3 is 2.79 bits per heavy atom. The fourth-order valence-electron chi connectivity index (χ4n) is 2.26. The third-order valence-corrected chi connectivity index (χ3v) is 3.33.